The number of allylic oxidation sites excluding steroid dienone is 2. The molecule has 2 aliphatic rings. The molecule has 1 aliphatic heterocycles. The normalized spacial score (nSPS) is 21.1. The fraction of sp³-hybridized carbons (Fsp3) is 0.350. The summed E-state index contributed by atoms with van der Waals surface area (Å²) < 4.78 is 10.6. The second-order valence-electron chi connectivity index (χ2n) is 6.76. The summed E-state index contributed by atoms with van der Waals surface area (Å²) in [5, 5.41) is 7.78. The Balaban J connectivity index is 1.27. The van der Waals surface area contributed by atoms with Crippen molar-refractivity contribution in [3.05, 3.63) is 48.4 Å². The molecule has 0 bridgehead atoms. The molecule has 0 spiro atoms. The van der Waals surface area contributed by atoms with E-state index in [0.29, 0.717) is 18.7 Å². The van der Waals surface area contributed by atoms with Gasteiger partial charge in [0.1, 0.15) is 0 Å². The average molecular weight is 381 g/mol. The minimum absolute atomic E-state index is 0.0304. The monoisotopic (exact) mass is 381 g/mol. The first-order valence-electron chi connectivity index (χ1n) is 9.17. The van der Waals surface area contributed by atoms with Gasteiger partial charge in [-0.15, -0.1) is 10.2 Å². The molecule has 0 N–H and O–H groups in total. The molecule has 2 heterocycles. The van der Waals surface area contributed by atoms with Gasteiger partial charge < -0.3 is 9.15 Å². The molecule has 144 valence electrons. The Morgan fingerprint density at radius 1 is 1.07 bits per heavy atom. The van der Waals surface area contributed by atoms with E-state index in [1.807, 2.05) is 42.5 Å². The Hall–Kier alpha value is -3.29. The van der Waals surface area contributed by atoms with Crippen LogP contribution in [-0.2, 0) is 25.7 Å². The Kier molecular flexibility index (Phi) is 5.01. The zero-order valence-electron chi connectivity index (χ0n) is 15.1. The highest BCUT2D eigenvalue weighted by atomic mass is 16.5. The molecule has 4 rings (SSSR count). The Bertz CT molecular complexity index is 895. The van der Waals surface area contributed by atoms with Gasteiger partial charge in [-0.25, -0.2) is 0 Å². The number of ether oxygens (including phenoxy) is 1. The largest absolute Gasteiger partial charge is 0.456 e. The number of fused-ring (bicyclic) bond motifs is 1. The summed E-state index contributed by atoms with van der Waals surface area (Å²) in [5.74, 6) is -0.985. The van der Waals surface area contributed by atoms with Crippen molar-refractivity contribution < 1.29 is 23.5 Å². The molecule has 0 unspecified atom stereocenters. The molecule has 1 aromatic carbocycles. The maximum Gasteiger partial charge on any atom is 0.308 e. The van der Waals surface area contributed by atoms with Crippen molar-refractivity contribution >= 4 is 17.8 Å². The number of hydrogen-bond acceptors (Lipinski definition) is 7. The highest BCUT2D eigenvalue weighted by Crippen LogP contribution is 2.35. The van der Waals surface area contributed by atoms with Gasteiger partial charge in [0.15, 0.2) is 6.61 Å². The number of imide groups is 1. The number of carbonyl (C=O) groups is 3. The van der Waals surface area contributed by atoms with Crippen LogP contribution in [0.15, 0.2) is 46.9 Å². The Labute approximate surface area is 161 Å². The van der Waals surface area contributed by atoms with Crippen LogP contribution in [0.4, 0.5) is 0 Å². The average Bonchev–Trinajstić information content (AvgIpc) is 3.30. The van der Waals surface area contributed by atoms with Gasteiger partial charge in [0.05, 0.1) is 18.3 Å². The van der Waals surface area contributed by atoms with Crippen molar-refractivity contribution in [2.24, 2.45) is 11.8 Å². The lowest BCUT2D eigenvalue weighted by Gasteiger charge is -2.14. The van der Waals surface area contributed by atoms with E-state index in [-0.39, 0.29) is 49.1 Å². The maximum absolute atomic E-state index is 12.4. The van der Waals surface area contributed by atoms with E-state index in [9.17, 15) is 14.4 Å². The van der Waals surface area contributed by atoms with Crippen molar-refractivity contribution in [3.8, 4) is 11.5 Å². The fourth-order valence-electron chi connectivity index (χ4n) is 3.52. The van der Waals surface area contributed by atoms with Crippen LogP contribution in [0.2, 0.25) is 0 Å². The zero-order valence-corrected chi connectivity index (χ0v) is 15.1. The number of hydrogen-bond donors (Lipinski definition) is 0. The molecule has 2 amide bonds. The first-order valence-corrected chi connectivity index (χ1v) is 9.17. The molecule has 1 aromatic heterocycles. The lowest BCUT2D eigenvalue weighted by atomic mass is 9.85. The highest BCUT2D eigenvalue weighted by molar-refractivity contribution is 6.05. The highest BCUT2D eigenvalue weighted by Gasteiger charge is 2.46. The van der Waals surface area contributed by atoms with Crippen LogP contribution < -0.4 is 0 Å². The maximum atomic E-state index is 12.4. The number of likely N-dealkylation sites (tertiary alicyclic amines) is 1. The van der Waals surface area contributed by atoms with Crippen LogP contribution in [0.5, 0.6) is 0 Å². The summed E-state index contributed by atoms with van der Waals surface area (Å²) in [5.41, 5.74) is 0.773. The number of benzene rings is 1. The molecule has 0 saturated carbocycles. The summed E-state index contributed by atoms with van der Waals surface area (Å²) in [6.45, 7) is -0.127. The number of esters is 1. The molecule has 28 heavy (non-hydrogen) atoms. The van der Waals surface area contributed by atoms with E-state index >= 15 is 0 Å². The van der Waals surface area contributed by atoms with E-state index < -0.39 is 5.97 Å². The zero-order chi connectivity index (χ0) is 19.5. The number of carbonyl (C=O) groups excluding carboxylic acids is 3. The van der Waals surface area contributed by atoms with Crippen molar-refractivity contribution in [2.75, 3.05) is 6.54 Å². The van der Waals surface area contributed by atoms with Gasteiger partial charge in [0.25, 0.3) is 5.89 Å². The van der Waals surface area contributed by atoms with E-state index in [1.54, 1.807) is 0 Å². The lowest BCUT2D eigenvalue weighted by Crippen LogP contribution is -2.33. The van der Waals surface area contributed by atoms with Gasteiger partial charge in [0.2, 0.25) is 17.7 Å². The molecule has 1 fully saturated rings. The molecular weight excluding hydrogens is 362 g/mol. The first-order chi connectivity index (χ1) is 13.6. The summed E-state index contributed by atoms with van der Waals surface area (Å²) >= 11 is 0. The number of nitrogens with zero attached hydrogens (tertiary/aromatic N) is 3. The summed E-state index contributed by atoms with van der Waals surface area (Å²) in [6, 6.07) is 9.25. The second-order valence-corrected chi connectivity index (χ2v) is 6.76. The van der Waals surface area contributed by atoms with Crippen LogP contribution in [0, 0.1) is 11.8 Å². The van der Waals surface area contributed by atoms with Gasteiger partial charge in [0, 0.05) is 12.1 Å². The molecule has 0 radical (unpaired) electrons. The third kappa shape index (κ3) is 3.58. The molecule has 8 heteroatoms. The van der Waals surface area contributed by atoms with E-state index in [1.165, 1.54) is 4.90 Å². The first kappa shape index (κ1) is 18.1. The van der Waals surface area contributed by atoms with Gasteiger partial charge in [-0.05, 0) is 25.0 Å². The Morgan fingerprint density at radius 3 is 2.43 bits per heavy atom. The predicted octanol–water partition coefficient (Wildman–Crippen LogP) is 2.12. The molecular formula is C20H19N3O5. The number of rotatable bonds is 6. The van der Waals surface area contributed by atoms with Crippen molar-refractivity contribution in [2.45, 2.75) is 25.9 Å². The van der Waals surface area contributed by atoms with E-state index in [4.69, 9.17) is 9.15 Å². The van der Waals surface area contributed by atoms with Crippen LogP contribution in [0.25, 0.3) is 11.5 Å². The smallest absolute Gasteiger partial charge is 0.308 e. The van der Waals surface area contributed by atoms with Gasteiger partial charge >= 0.3 is 5.97 Å². The molecule has 8 nitrogen and oxygen atoms in total. The second kappa shape index (κ2) is 7.75. The lowest BCUT2D eigenvalue weighted by molar-refractivity contribution is -0.147. The summed E-state index contributed by atoms with van der Waals surface area (Å²) in [7, 11) is 0. The van der Waals surface area contributed by atoms with Gasteiger partial charge in [-0.3, -0.25) is 19.3 Å². The molecule has 2 aromatic rings. The number of aromatic nitrogens is 2. The minimum atomic E-state index is -0.534. The van der Waals surface area contributed by atoms with Crippen LogP contribution in [-0.4, -0.2) is 39.4 Å². The van der Waals surface area contributed by atoms with Crippen LogP contribution in [0.1, 0.15) is 25.2 Å². The van der Waals surface area contributed by atoms with Crippen LogP contribution >= 0.6 is 0 Å². The topological polar surface area (TPSA) is 103 Å². The molecule has 1 saturated heterocycles. The third-order valence-corrected chi connectivity index (χ3v) is 4.98. The molecule has 2 atom stereocenters. The quantitative estimate of drug-likeness (QED) is 0.429. The minimum Gasteiger partial charge on any atom is -0.456 e. The van der Waals surface area contributed by atoms with Crippen molar-refractivity contribution in [3.63, 3.8) is 0 Å². The molecule has 1 aliphatic carbocycles. The SMILES string of the molecule is O=C(CCN1C(=O)[C@H]2CC=CC[C@@H]2C1=O)OCc1nnc(-c2ccccc2)o1. The fourth-order valence-corrected chi connectivity index (χ4v) is 3.52. The van der Waals surface area contributed by atoms with E-state index in [0.717, 1.165) is 5.56 Å². The van der Waals surface area contributed by atoms with Gasteiger partial charge in [-0.2, -0.15) is 0 Å². The Morgan fingerprint density at radius 2 is 1.75 bits per heavy atom. The third-order valence-electron chi connectivity index (χ3n) is 4.98. The van der Waals surface area contributed by atoms with E-state index in [2.05, 4.69) is 10.2 Å². The number of amides is 2. The summed E-state index contributed by atoms with van der Waals surface area (Å²) in [6.07, 6.45) is 4.95. The van der Waals surface area contributed by atoms with Crippen molar-refractivity contribution in [1.29, 1.82) is 0 Å². The predicted molar refractivity (Wildman–Crippen MR) is 96.2 cm³/mol. The van der Waals surface area contributed by atoms with Crippen molar-refractivity contribution in [1.82, 2.24) is 15.1 Å². The van der Waals surface area contributed by atoms with Crippen LogP contribution in [0.3, 0.4) is 0 Å². The standard InChI is InChI=1S/C20H19N3O5/c24-17(10-11-23-19(25)14-8-4-5-9-15(14)20(23)26)27-12-16-21-22-18(28-16)13-6-2-1-3-7-13/h1-7,14-15H,8-12H2/t14-,15-/m0/s1. The summed E-state index contributed by atoms with van der Waals surface area (Å²) in [4.78, 5) is 37.9. The van der Waals surface area contributed by atoms with Gasteiger partial charge in [-0.1, -0.05) is 30.4 Å².